The summed E-state index contributed by atoms with van der Waals surface area (Å²) >= 11 is 0. The molecule has 4 heteroatoms. The first-order chi connectivity index (χ1) is 7.78. The van der Waals surface area contributed by atoms with Crippen LogP contribution in [0.1, 0.15) is 38.3 Å². The number of hydrogen-bond donors (Lipinski definition) is 1. The number of nitrogens with zero attached hydrogens (tertiary/aromatic N) is 1. The molecule has 1 aliphatic heterocycles. The van der Waals surface area contributed by atoms with Crippen LogP contribution in [-0.4, -0.2) is 23.7 Å². The predicted octanol–water partition coefficient (Wildman–Crippen LogP) is 1.89. The molecule has 2 heterocycles. The minimum absolute atomic E-state index is 0.357. The lowest BCUT2D eigenvalue weighted by Crippen LogP contribution is -2.26. The molecule has 4 nitrogen and oxygen atoms in total. The van der Waals surface area contributed by atoms with Crippen molar-refractivity contribution in [2.75, 3.05) is 6.54 Å². The van der Waals surface area contributed by atoms with E-state index in [2.05, 4.69) is 24.1 Å². The second-order valence-electron chi connectivity index (χ2n) is 4.35. The lowest BCUT2D eigenvalue weighted by Gasteiger charge is -2.10. The largest absolute Gasteiger partial charge is 0.444 e. The Kier molecular flexibility index (Phi) is 3.96. The lowest BCUT2D eigenvalue weighted by atomic mass is 10.2. The molecule has 0 spiro atoms. The second kappa shape index (κ2) is 5.46. The van der Waals surface area contributed by atoms with Crippen molar-refractivity contribution in [2.45, 2.75) is 51.9 Å². The number of hydrogen-bond acceptors (Lipinski definition) is 4. The van der Waals surface area contributed by atoms with Crippen molar-refractivity contribution in [3.63, 3.8) is 0 Å². The minimum Gasteiger partial charge on any atom is -0.444 e. The molecule has 1 fully saturated rings. The number of rotatable bonds is 5. The maximum Gasteiger partial charge on any atom is 0.208 e. The molecule has 16 heavy (non-hydrogen) atoms. The maximum absolute atomic E-state index is 5.71. The first-order valence-corrected chi connectivity index (χ1v) is 6.07. The molecule has 1 aromatic rings. The molecular weight excluding hydrogens is 204 g/mol. The van der Waals surface area contributed by atoms with Crippen molar-refractivity contribution in [2.24, 2.45) is 0 Å². The summed E-state index contributed by atoms with van der Waals surface area (Å²) in [6.07, 6.45) is 5.79. The molecule has 0 saturated carbocycles. The van der Waals surface area contributed by atoms with E-state index in [0.717, 1.165) is 31.0 Å². The van der Waals surface area contributed by atoms with E-state index in [1.165, 1.54) is 6.42 Å². The standard InChI is InChI=1S/C12H20N2O2/c1-3-10-7-14-12(16-10)8-13-6-11-5-4-9(2)15-11/h7,9,11,13H,3-6,8H2,1-2H3. The van der Waals surface area contributed by atoms with E-state index in [1.807, 2.05) is 0 Å². The summed E-state index contributed by atoms with van der Waals surface area (Å²) < 4.78 is 11.2. The van der Waals surface area contributed by atoms with Gasteiger partial charge < -0.3 is 14.5 Å². The Morgan fingerprint density at radius 3 is 3.00 bits per heavy atom. The molecule has 0 aromatic carbocycles. The Labute approximate surface area is 96.4 Å². The Morgan fingerprint density at radius 1 is 1.50 bits per heavy atom. The minimum atomic E-state index is 0.357. The molecule has 2 atom stereocenters. The van der Waals surface area contributed by atoms with Crippen LogP contribution in [0.4, 0.5) is 0 Å². The van der Waals surface area contributed by atoms with Gasteiger partial charge in [-0.15, -0.1) is 0 Å². The number of aromatic nitrogens is 1. The van der Waals surface area contributed by atoms with E-state index in [4.69, 9.17) is 9.15 Å². The van der Waals surface area contributed by atoms with Crippen molar-refractivity contribution in [3.8, 4) is 0 Å². The van der Waals surface area contributed by atoms with E-state index < -0.39 is 0 Å². The molecule has 0 aliphatic carbocycles. The van der Waals surface area contributed by atoms with Gasteiger partial charge in [-0.25, -0.2) is 4.98 Å². The highest BCUT2D eigenvalue weighted by molar-refractivity contribution is 4.93. The highest BCUT2D eigenvalue weighted by Gasteiger charge is 2.21. The molecule has 2 unspecified atom stereocenters. The Balaban J connectivity index is 1.67. The number of oxazole rings is 1. The topological polar surface area (TPSA) is 47.3 Å². The molecule has 1 aliphatic rings. The molecule has 0 amide bonds. The van der Waals surface area contributed by atoms with Gasteiger partial charge in [-0.1, -0.05) is 6.92 Å². The van der Waals surface area contributed by atoms with Crippen molar-refractivity contribution < 1.29 is 9.15 Å². The quantitative estimate of drug-likeness (QED) is 0.829. The van der Waals surface area contributed by atoms with E-state index in [9.17, 15) is 0 Å². The summed E-state index contributed by atoms with van der Waals surface area (Å²) in [5.41, 5.74) is 0. The second-order valence-corrected chi connectivity index (χ2v) is 4.35. The van der Waals surface area contributed by atoms with Crippen LogP contribution in [0.15, 0.2) is 10.6 Å². The zero-order valence-corrected chi connectivity index (χ0v) is 10.0. The summed E-state index contributed by atoms with van der Waals surface area (Å²) in [4.78, 5) is 4.20. The van der Waals surface area contributed by atoms with Crippen LogP contribution in [0.25, 0.3) is 0 Å². The smallest absolute Gasteiger partial charge is 0.208 e. The van der Waals surface area contributed by atoms with Crippen LogP contribution in [0.3, 0.4) is 0 Å². The third-order valence-corrected chi connectivity index (χ3v) is 2.92. The first kappa shape index (κ1) is 11.6. The molecular formula is C12H20N2O2. The van der Waals surface area contributed by atoms with Gasteiger partial charge in [-0.3, -0.25) is 0 Å². The van der Waals surface area contributed by atoms with Crippen molar-refractivity contribution in [3.05, 3.63) is 17.8 Å². The first-order valence-electron chi connectivity index (χ1n) is 6.07. The summed E-state index contributed by atoms with van der Waals surface area (Å²) in [6, 6.07) is 0. The van der Waals surface area contributed by atoms with Gasteiger partial charge in [0, 0.05) is 13.0 Å². The van der Waals surface area contributed by atoms with E-state index in [0.29, 0.717) is 18.8 Å². The zero-order valence-electron chi connectivity index (χ0n) is 10.0. The van der Waals surface area contributed by atoms with Gasteiger partial charge in [0.25, 0.3) is 0 Å². The third-order valence-electron chi connectivity index (χ3n) is 2.92. The fraction of sp³-hybridized carbons (Fsp3) is 0.750. The Bertz CT molecular complexity index is 325. The van der Waals surface area contributed by atoms with Crippen LogP contribution >= 0.6 is 0 Å². The van der Waals surface area contributed by atoms with Gasteiger partial charge in [0.2, 0.25) is 5.89 Å². The van der Waals surface area contributed by atoms with Crippen molar-refractivity contribution in [1.29, 1.82) is 0 Å². The van der Waals surface area contributed by atoms with E-state index in [-0.39, 0.29) is 0 Å². The van der Waals surface area contributed by atoms with Crippen molar-refractivity contribution in [1.82, 2.24) is 10.3 Å². The van der Waals surface area contributed by atoms with Crippen LogP contribution in [0, 0.1) is 0 Å². The lowest BCUT2D eigenvalue weighted by molar-refractivity contribution is 0.0556. The number of ether oxygens (including phenoxy) is 1. The number of nitrogens with one attached hydrogen (secondary N) is 1. The van der Waals surface area contributed by atoms with Gasteiger partial charge in [0.15, 0.2) is 0 Å². The highest BCUT2D eigenvalue weighted by atomic mass is 16.5. The van der Waals surface area contributed by atoms with Gasteiger partial charge in [0.1, 0.15) is 5.76 Å². The molecule has 1 aromatic heterocycles. The Hall–Kier alpha value is -0.870. The van der Waals surface area contributed by atoms with Gasteiger partial charge in [-0.2, -0.15) is 0 Å². The molecule has 1 N–H and O–H groups in total. The summed E-state index contributed by atoms with van der Waals surface area (Å²) in [7, 11) is 0. The van der Waals surface area contributed by atoms with Crippen LogP contribution in [0.5, 0.6) is 0 Å². The molecule has 90 valence electrons. The molecule has 0 radical (unpaired) electrons. The summed E-state index contributed by atoms with van der Waals surface area (Å²) in [6.45, 7) is 5.76. The Morgan fingerprint density at radius 2 is 2.38 bits per heavy atom. The maximum atomic E-state index is 5.71. The monoisotopic (exact) mass is 224 g/mol. The van der Waals surface area contributed by atoms with Crippen LogP contribution in [-0.2, 0) is 17.7 Å². The molecule has 0 bridgehead atoms. The molecule has 1 saturated heterocycles. The number of aryl methyl sites for hydroxylation is 1. The predicted molar refractivity (Wildman–Crippen MR) is 61.2 cm³/mol. The average molecular weight is 224 g/mol. The zero-order chi connectivity index (χ0) is 11.4. The summed E-state index contributed by atoms with van der Waals surface area (Å²) in [5.74, 6) is 1.71. The fourth-order valence-electron chi connectivity index (χ4n) is 1.97. The highest BCUT2D eigenvalue weighted by Crippen LogP contribution is 2.18. The van der Waals surface area contributed by atoms with Crippen molar-refractivity contribution >= 4 is 0 Å². The summed E-state index contributed by atoms with van der Waals surface area (Å²) in [5, 5.41) is 3.32. The van der Waals surface area contributed by atoms with E-state index >= 15 is 0 Å². The van der Waals surface area contributed by atoms with Crippen LogP contribution < -0.4 is 5.32 Å². The normalized spacial score (nSPS) is 25.1. The third kappa shape index (κ3) is 3.06. The van der Waals surface area contributed by atoms with Gasteiger partial charge in [0.05, 0.1) is 24.9 Å². The van der Waals surface area contributed by atoms with Crippen LogP contribution in [0.2, 0.25) is 0 Å². The molecule has 2 rings (SSSR count). The van der Waals surface area contributed by atoms with Gasteiger partial charge >= 0.3 is 0 Å². The SMILES string of the molecule is CCc1cnc(CNCC2CCC(C)O2)o1. The van der Waals surface area contributed by atoms with E-state index in [1.54, 1.807) is 6.20 Å². The van der Waals surface area contributed by atoms with Gasteiger partial charge in [-0.05, 0) is 19.8 Å². The average Bonchev–Trinajstić information content (AvgIpc) is 2.88. The fourth-order valence-corrected chi connectivity index (χ4v) is 1.97.